The number of carbonyl (C=O) groups is 2. The fourth-order valence-corrected chi connectivity index (χ4v) is 1.98. The fraction of sp³-hybridized carbons (Fsp3) is 0.143. The first-order chi connectivity index (χ1) is 8.09. The third kappa shape index (κ3) is 2.18. The van der Waals surface area contributed by atoms with Crippen LogP contribution in [-0.4, -0.2) is 16.9 Å². The van der Waals surface area contributed by atoms with Gasteiger partial charge in [-0.1, -0.05) is 36.4 Å². The van der Waals surface area contributed by atoms with Gasteiger partial charge >= 0.3 is 5.97 Å². The molecule has 0 radical (unpaired) electrons. The van der Waals surface area contributed by atoms with E-state index >= 15 is 0 Å². The summed E-state index contributed by atoms with van der Waals surface area (Å²) >= 11 is 0. The molecule has 0 atom stereocenters. The first kappa shape index (κ1) is 11.3. The number of aliphatic carboxylic acids is 1. The van der Waals surface area contributed by atoms with E-state index in [1.54, 1.807) is 0 Å². The molecular weight excluding hydrogens is 216 g/mol. The molecule has 17 heavy (non-hydrogen) atoms. The van der Waals surface area contributed by atoms with Crippen molar-refractivity contribution in [2.75, 3.05) is 0 Å². The molecule has 0 aliphatic carbocycles. The minimum absolute atomic E-state index is 0.341. The van der Waals surface area contributed by atoms with E-state index in [0.29, 0.717) is 5.56 Å². The SMILES string of the molecule is Cc1ccc2ccccc2c1C(=O)CC(=O)O. The lowest BCUT2D eigenvalue weighted by Crippen LogP contribution is -2.09. The monoisotopic (exact) mass is 228 g/mol. The largest absolute Gasteiger partial charge is 0.481 e. The molecular formula is C14H12O3. The summed E-state index contributed by atoms with van der Waals surface area (Å²) in [7, 11) is 0. The minimum Gasteiger partial charge on any atom is -0.481 e. The predicted octanol–water partition coefficient (Wildman–Crippen LogP) is 2.81. The second-order valence-electron chi connectivity index (χ2n) is 3.97. The Labute approximate surface area is 98.7 Å². The van der Waals surface area contributed by atoms with E-state index in [4.69, 9.17) is 5.11 Å². The van der Waals surface area contributed by atoms with Gasteiger partial charge in [-0.15, -0.1) is 0 Å². The van der Waals surface area contributed by atoms with Crippen LogP contribution in [0.5, 0.6) is 0 Å². The summed E-state index contributed by atoms with van der Waals surface area (Å²) in [6, 6.07) is 11.3. The third-order valence-corrected chi connectivity index (χ3v) is 2.73. The molecule has 1 N–H and O–H groups in total. The lowest BCUT2D eigenvalue weighted by Gasteiger charge is -2.08. The van der Waals surface area contributed by atoms with Crippen molar-refractivity contribution < 1.29 is 14.7 Å². The van der Waals surface area contributed by atoms with E-state index in [0.717, 1.165) is 16.3 Å². The van der Waals surface area contributed by atoms with E-state index in [1.165, 1.54) is 0 Å². The second-order valence-corrected chi connectivity index (χ2v) is 3.97. The fourth-order valence-electron chi connectivity index (χ4n) is 1.98. The molecule has 0 aliphatic rings. The maximum atomic E-state index is 11.9. The molecule has 0 unspecified atom stereocenters. The van der Waals surface area contributed by atoms with Crippen molar-refractivity contribution >= 4 is 22.5 Å². The molecule has 0 aliphatic heterocycles. The summed E-state index contributed by atoms with van der Waals surface area (Å²) in [5, 5.41) is 10.5. The average molecular weight is 228 g/mol. The zero-order valence-corrected chi connectivity index (χ0v) is 9.43. The lowest BCUT2D eigenvalue weighted by molar-refractivity contribution is -0.135. The number of aryl methyl sites for hydroxylation is 1. The second kappa shape index (κ2) is 4.37. The standard InChI is InChI=1S/C14H12O3/c1-9-6-7-10-4-2-3-5-11(10)14(9)12(15)8-13(16)17/h2-7H,8H2,1H3,(H,16,17). The molecule has 2 aromatic rings. The summed E-state index contributed by atoms with van der Waals surface area (Å²) in [4.78, 5) is 22.5. The topological polar surface area (TPSA) is 54.4 Å². The molecule has 0 spiro atoms. The van der Waals surface area contributed by atoms with E-state index < -0.39 is 12.4 Å². The van der Waals surface area contributed by atoms with Crippen LogP contribution in [0.3, 0.4) is 0 Å². The molecule has 0 amide bonds. The molecule has 0 saturated heterocycles. The van der Waals surface area contributed by atoms with Crippen molar-refractivity contribution in [3.63, 3.8) is 0 Å². The van der Waals surface area contributed by atoms with Crippen molar-refractivity contribution in [3.8, 4) is 0 Å². The number of hydrogen-bond donors (Lipinski definition) is 1. The zero-order chi connectivity index (χ0) is 12.4. The van der Waals surface area contributed by atoms with Crippen molar-refractivity contribution in [2.45, 2.75) is 13.3 Å². The normalized spacial score (nSPS) is 10.4. The van der Waals surface area contributed by atoms with E-state index in [-0.39, 0.29) is 5.78 Å². The quantitative estimate of drug-likeness (QED) is 0.649. The number of hydrogen-bond acceptors (Lipinski definition) is 2. The third-order valence-electron chi connectivity index (χ3n) is 2.73. The molecule has 2 rings (SSSR count). The van der Waals surface area contributed by atoms with Gasteiger partial charge in [-0.2, -0.15) is 0 Å². The van der Waals surface area contributed by atoms with Gasteiger partial charge in [0.15, 0.2) is 5.78 Å². The van der Waals surface area contributed by atoms with Gasteiger partial charge in [0, 0.05) is 5.56 Å². The summed E-state index contributed by atoms with van der Waals surface area (Å²) in [6.45, 7) is 1.82. The smallest absolute Gasteiger partial charge is 0.311 e. The summed E-state index contributed by atoms with van der Waals surface area (Å²) in [5.74, 6) is -1.44. The number of rotatable bonds is 3. The number of carbonyl (C=O) groups excluding carboxylic acids is 1. The number of Topliss-reactive ketones (excluding diaryl/α,β-unsaturated/α-hetero) is 1. The van der Waals surface area contributed by atoms with Gasteiger partial charge in [0.1, 0.15) is 6.42 Å². The molecule has 0 saturated carbocycles. The Morgan fingerprint density at radius 1 is 1.12 bits per heavy atom. The Kier molecular flexibility index (Phi) is 2.91. The lowest BCUT2D eigenvalue weighted by atomic mass is 9.95. The van der Waals surface area contributed by atoms with Crippen LogP contribution in [0, 0.1) is 6.92 Å². The highest BCUT2D eigenvalue weighted by molar-refractivity contribution is 6.14. The molecule has 0 heterocycles. The number of carboxylic acid groups (broad SMARTS) is 1. The maximum Gasteiger partial charge on any atom is 0.311 e. The minimum atomic E-state index is -1.10. The van der Waals surface area contributed by atoms with E-state index in [9.17, 15) is 9.59 Å². The van der Waals surface area contributed by atoms with E-state index in [1.807, 2.05) is 43.3 Å². The molecule has 2 aromatic carbocycles. The zero-order valence-electron chi connectivity index (χ0n) is 9.43. The Hall–Kier alpha value is -2.16. The molecule has 0 bridgehead atoms. The van der Waals surface area contributed by atoms with Gasteiger partial charge in [-0.05, 0) is 23.3 Å². The molecule has 86 valence electrons. The molecule has 3 heteroatoms. The van der Waals surface area contributed by atoms with Crippen LogP contribution in [0.1, 0.15) is 22.3 Å². The summed E-state index contributed by atoms with van der Waals surface area (Å²) < 4.78 is 0. The van der Waals surface area contributed by atoms with Gasteiger partial charge in [0.25, 0.3) is 0 Å². The molecule has 3 nitrogen and oxygen atoms in total. The first-order valence-corrected chi connectivity index (χ1v) is 5.33. The highest BCUT2D eigenvalue weighted by atomic mass is 16.4. The van der Waals surface area contributed by atoms with Crippen molar-refractivity contribution in [3.05, 3.63) is 47.5 Å². The highest BCUT2D eigenvalue weighted by Crippen LogP contribution is 2.23. The van der Waals surface area contributed by atoms with Crippen LogP contribution >= 0.6 is 0 Å². The number of fused-ring (bicyclic) bond motifs is 1. The van der Waals surface area contributed by atoms with Crippen LogP contribution < -0.4 is 0 Å². The first-order valence-electron chi connectivity index (χ1n) is 5.33. The van der Waals surface area contributed by atoms with Gasteiger partial charge in [-0.3, -0.25) is 9.59 Å². The van der Waals surface area contributed by atoms with Crippen molar-refractivity contribution in [2.24, 2.45) is 0 Å². The predicted molar refractivity (Wildman–Crippen MR) is 65.3 cm³/mol. The molecule has 0 aromatic heterocycles. The van der Waals surface area contributed by atoms with Crippen LogP contribution in [0.25, 0.3) is 10.8 Å². The number of carboxylic acids is 1. The number of benzene rings is 2. The Balaban J connectivity index is 2.62. The van der Waals surface area contributed by atoms with Gasteiger partial charge in [0.05, 0.1) is 0 Å². The molecule has 0 fully saturated rings. The van der Waals surface area contributed by atoms with Gasteiger partial charge in [-0.25, -0.2) is 0 Å². The summed E-state index contributed by atoms with van der Waals surface area (Å²) in [6.07, 6.45) is -0.463. The number of ketones is 1. The van der Waals surface area contributed by atoms with Crippen LogP contribution in [-0.2, 0) is 4.79 Å². The van der Waals surface area contributed by atoms with Crippen LogP contribution in [0.15, 0.2) is 36.4 Å². The summed E-state index contributed by atoms with van der Waals surface area (Å²) in [5.41, 5.74) is 1.33. The van der Waals surface area contributed by atoms with Crippen molar-refractivity contribution in [1.82, 2.24) is 0 Å². The van der Waals surface area contributed by atoms with Gasteiger partial charge < -0.3 is 5.11 Å². The van der Waals surface area contributed by atoms with Crippen LogP contribution in [0.2, 0.25) is 0 Å². The van der Waals surface area contributed by atoms with Gasteiger partial charge in [0.2, 0.25) is 0 Å². The Bertz CT molecular complexity index is 599. The Morgan fingerprint density at radius 3 is 2.53 bits per heavy atom. The van der Waals surface area contributed by atoms with E-state index in [2.05, 4.69) is 0 Å². The van der Waals surface area contributed by atoms with Crippen LogP contribution in [0.4, 0.5) is 0 Å². The highest BCUT2D eigenvalue weighted by Gasteiger charge is 2.15. The van der Waals surface area contributed by atoms with Crippen molar-refractivity contribution in [1.29, 1.82) is 0 Å². The maximum absolute atomic E-state index is 11.9. The average Bonchev–Trinajstić information content (AvgIpc) is 2.27. The Morgan fingerprint density at radius 2 is 1.82 bits per heavy atom.